The lowest BCUT2D eigenvalue weighted by Gasteiger charge is -2.05. The van der Waals surface area contributed by atoms with Gasteiger partial charge in [-0.3, -0.25) is 20.2 Å². The lowest BCUT2D eigenvalue weighted by Crippen LogP contribution is -2.09. The average Bonchev–Trinajstić information content (AvgIpc) is 2.85. The molecule has 120 valence electrons. The normalized spacial score (nSPS) is 15.3. The molecule has 0 aromatic heterocycles. The van der Waals surface area contributed by atoms with Crippen LogP contribution in [0.4, 0.5) is 11.4 Å². The fourth-order valence-corrected chi connectivity index (χ4v) is 1.87. The second kappa shape index (κ2) is 6.22. The number of hydrogen-bond acceptors (Lipinski definition) is 8. The molecule has 0 saturated carbocycles. The molecule has 0 spiro atoms. The SMILES string of the molecule is CCOC=C1N=C(c2cc([N+](=O)[O-])cc([N+](=O)[O-])c2C)OC1=O. The zero-order chi connectivity index (χ0) is 17.1. The van der Waals surface area contributed by atoms with Crippen molar-refractivity contribution in [3.8, 4) is 0 Å². The monoisotopic (exact) mass is 321 g/mol. The molecule has 2 rings (SSSR count). The number of non-ortho nitro benzene ring substituents is 1. The molecule has 23 heavy (non-hydrogen) atoms. The molecule has 0 atom stereocenters. The van der Waals surface area contributed by atoms with Crippen LogP contribution in [-0.2, 0) is 14.3 Å². The molecule has 0 N–H and O–H groups in total. The predicted octanol–water partition coefficient (Wildman–Crippen LogP) is 1.99. The van der Waals surface area contributed by atoms with Crippen molar-refractivity contribution in [2.75, 3.05) is 6.61 Å². The van der Waals surface area contributed by atoms with Gasteiger partial charge in [-0.25, -0.2) is 9.79 Å². The summed E-state index contributed by atoms with van der Waals surface area (Å²) in [5, 5.41) is 22.0. The molecule has 0 bridgehead atoms. The van der Waals surface area contributed by atoms with Crippen molar-refractivity contribution in [2.24, 2.45) is 4.99 Å². The van der Waals surface area contributed by atoms with E-state index in [0.717, 1.165) is 18.4 Å². The van der Waals surface area contributed by atoms with E-state index in [2.05, 4.69) is 4.99 Å². The largest absolute Gasteiger partial charge is 0.499 e. The van der Waals surface area contributed by atoms with Crippen LogP contribution in [0, 0.1) is 27.2 Å². The van der Waals surface area contributed by atoms with E-state index in [1.807, 2.05) is 0 Å². The number of nitro groups is 2. The topological polar surface area (TPSA) is 134 Å². The van der Waals surface area contributed by atoms with Gasteiger partial charge < -0.3 is 9.47 Å². The Kier molecular flexibility index (Phi) is 4.35. The second-order valence-electron chi connectivity index (χ2n) is 4.42. The van der Waals surface area contributed by atoms with Gasteiger partial charge in [0, 0.05) is 11.6 Å². The second-order valence-corrected chi connectivity index (χ2v) is 4.42. The molecule has 0 aliphatic carbocycles. The average molecular weight is 321 g/mol. The molecule has 1 aliphatic heterocycles. The van der Waals surface area contributed by atoms with Crippen molar-refractivity contribution in [1.29, 1.82) is 0 Å². The molecule has 0 saturated heterocycles. The summed E-state index contributed by atoms with van der Waals surface area (Å²) in [6.07, 6.45) is 1.09. The van der Waals surface area contributed by atoms with Gasteiger partial charge in [0.15, 0.2) is 5.70 Å². The van der Waals surface area contributed by atoms with Crippen LogP contribution in [0.15, 0.2) is 29.1 Å². The lowest BCUT2D eigenvalue weighted by molar-refractivity contribution is -0.394. The molecular weight excluding hydrogens is 310 g/mol. The molecule has 1 aromatic rings. The third-order valence-corrected chi connectivity index (χ3v) is 2.99. The van der Waals surface area contributed by atoms with Crippen LogP contribution in [0.1, 0.15) is 18.1 Å². The third-order valence-electron chi connectivity index (χ3n) is 2.99. The smallest absolute Gasteiger partial charge is 0.367 e. The minimum absolute atomic E-state index is 0.000788. The summed E-state index contributed by atoms with van der Waals surface area (Å²) in [5.41, 5.74) is -0.993. The molecular formula is C13H11N3O7. The van der Waals surface area contributed by atoms with Gasteiger partial charge in [-0.2, -0.15) is 0 Å². The quantitative estimate of drug-likeness (QED) is 0.266. The molecule has 10 nitrogen and oxygen atoms in total. The van der Waals surface area contributed by atoms with E-state index in [0.29, 0.717) is 6.61 Å². The number of nitro benzene ring substituents is 2. The molecule has 1 aliphatic rings. The summed E-state index contributed by atoms with van der Waals surface area (Å²) in [7, 11) is 0. The van der Waals surface area contributed by atoms with Crippen LogP contribution < -0.4 is 0 Å². The zero-order valence-corrected chi connectivity index (χ0v) is 12.1. The summed E-state index contributed by atoms with van der Waals surface area (Å²) >= 11 is 0. The minimum Gasteiger partial charge on any atom is -0.499 e. The number of esters is 1. The standard InChI is InChI=1S/C13H11N3O7/c1-3-22-6-10-13(17)23-12(14-10)9-4-8(15(18)19)5-11(7(9)2)16(20)21/h4-6H,3H2,1-2H3. The van der Waals surface area contributed by atoms with Gasteiger partial charge in [0.1, 0.15) is 6.26 Å². The highest BCUT2D eigenvalue weighted by Gasteiger charge is 2.30. The van der Waals surface area contributed by atoms with E-state index in [1.165, 1.54) is 6.92 Å². The number of cyclic esters (lactones) is 1. The summed E-state index contributed by atoms with van der Waals surface area (Å²) in [6, 6.07) is 1.91. The molecule has 1 aromatic carbocycles. The Balaban J connectivity index is 2.57. The first-order valence-corrected chi connectivity index (χ1v) is 6.41. The number of rotatable bonds is 5. The van der Waals surface area contributed by atoms with Crippen LogP contribution in [-0.4, -0.2) is 28.3 Å². The lowest BCUT2D eigenvalue weighted by atomic mass is 10.1. The van der Waals surface area contributed by atoms with E-state index in [1.54, 1.807) is 6.92 Å². The highest BCUT2D eigenvalue weighted by atomic mass is 16.6. The number of hydrogen-bond donors (Lipinski definition) is 0. The van der Waals surface area contributed by atoms with E-state index < -0.39 is 27.2 Å². The number of nitrogens with zero attached hydrogens (tertiary/aromatic N) is 3. The van der Waals surface area contributed by atoms with E-state index in [4.69, 9.17) is 9.47 Å². The molecule has 0 amide bonds. The molecule has 10 heteroatoms. The van der Waals surface area contributed by atoms with Crippen molar-refractivity contribution in [3.63, 3.8) is 0 Å². The van der Waals surface area contributed by atoms with Gasteiger partial charge >= 0.3 is 5.97 Å². The summed E-state index contributed by atoms with van der Waals surface area (Å²) in [5.74, 6) is -1.05. The fourth-order valence-electron chi connectivity index (χ4n) is 1.87. The Morgan fingerprint density at radius 1 is 1.30 bits per heavy atom. The number of carbonyl (C=O) groups excluding carboxylic acids is 1. The Hall–Kier alpha value is -3.30. The minimum atomic E-state index is -0.804. The van der Waals surface area contributed by atoms with Crippen LogP contribution in [0.2, 0.25) is 0 Å². The number of ether oxygens (including phenoxy) is 2. The maximum atomic E-state index is 11.7. The van der Waals surface area contributed by atoms with E-state index in [9.17, 15) is 25.0 Å². The van der Waals surface area contributed by atoms with E-state index >= 15 is 0 Å². The highest BCUT2D eigenvalue weighted by Crippen LogP contribution is 2.30. The third kappa shape index (κ3) is 3.15. The van der Waals surface area contributed by atoms with Gasteiger partial charge in [-0.15, -0.1) is 0 Å². The van der Waals surface area contributed by atoms with Gasteiger partial charge in [0.2, 0.25) is 5.90 Å². The first-order valence-electron chi connectivity index (χ1n) is 6.41. The maximum absolute atomic E-state index is 11.7. The summed E-state index contributed by atoms with van der Waals surface area (Å²) in [4.78, 5) is 36.0. The van der Waals surface area contributed by atoms with Crippen molar-refractivity contribution in [2.45, 2.75) is 13.8 Å². The fraction of sp³-hybridized carbons (Fsp3) is 0.231. The van der Waals surface area contributed by atoms with Gasteiger partial charge in [-0.05, 0) is 13.8 Å². The Morgan fingerprint density at radius 3 is 2.57 bits per heavy atom. The molecule has 1 heterocycles. The van der Waals surface area contributed by atoms with Crippen molar-refractivity contribution in [1.82, 2.24) is 0 Å². The van der Waals surface area contributed by atoms with E-state index in [-0.39, 0.29) is 22.7 Å². The van der Waals surface area contributed by atoms with Crippen molar-refractivity contribution >= 4 is 23.2 Å². The molecule has 0 unspecified atom stereocenters. The van der Waals surface area contributed by atoms with Crippen LogP contribution in [0.5, 0.6) is 0 Å². The van der Waals surface area contributed by atoms with Crippen molar-refractivity contribution in [3.05, 3.63) is 55.4 Å². The number of benzene rings is 1. The maximum Gasteiger partial charge on any atom is 0.367 e. The van der Waals surface area contributed by atoms with Crippen LogP contribution in [0.25, 0.3) is 0 Å². The first kappa shape index (κ1) is 16.1. The van der Waals surface area contributed by atoms with Gasteiger partial charge in [0.25, 0.3) is 11.4 Å². The zero-order valence-electron chi connectivity index (χ0n) is 12.1. The Bertz CT molecular complexity index is 767. The van der Waals surface area contributed by atoms with Crippen molar-refractivity contribution < 1.29 is 24.1 Å². The number of aliphatic imine (C=N–C) groups is 1. The highest BCUT2D eigenvalue weighted by molar-refractivity contribution is 6.12. The van der Waals surface area contributed by atoms with Gasteiger partial charge in [-0.1, -0.05) is 0 Å². The van der Waals surface area contributed by atoms with Gasteiger partial charge in [0.05, 0.1) is 28.1 Å². The Labute approximate surface area is 129 Å². The molecule has 0 fully saturated rings. The summed E-state index contributed by atoms with van der Waals surface area (Å²) < 4.78 is 9.86. The predicted molar refractivity (Wildman–Crippen MR) is 76.8 cm³/mol. The molecule has 0 radical (unpaired) electrons. The summed E-state index contributed by atoms with van der Waals surface area (Å²) in [6.45, 7) is 3.40. The Morgan fingerprint density at radius 2 is 2.00 bits per heavy atom. The number of carbonyl (C=O) groups is 1. The van der Waals surface area contributed by atoms with Crippen LogP contribution >= 0.6 is 0 Å². The first-order chi connectivity index (χ1) is 10.8. The van der Waals surface area contributed by atoms with Crippen LogP contribution in [0.3, 0.4) is 0 Å².